The lowest BCUT2D eigenvalue weighted by Crippen LogP contribution is -1.95. The predicted molar refractivity (Wildman–Crippen MR) is 100 cm³/mol. The number of hydrogen-bond acceptors (Lipinski definition) is 2. The van der Waals surface area contributed by atoms with Crippen LogP contribution in [-0.2, 0) is 9.53 Å². The second-order valence-corrected chi connectivity index (χ2v) is 7.53. The van der Waals surface area contributed by atoms with Crippen LogP contribution in [0.1, 0.15) is 116 Å². The zero-order valence-corrected chi connectivity index (χ0v) is 15.9. The highest BCUT2D eigenvalue weighted by Gasteiger charge is 2.36. The Kier molecular flexibility index (Phi) is 13.2. The van der Waals surface area contributed by atoms with Gasteiger partial charge in [0.25, 0.3) is 0 Å². The van der Waals surface area contributed by atoms with Crippen molar-refractivity contribution < 1.29 is 14.6 Å². The number of unbranched alkanes of at least 4 members (excludes halogenated alkanes) is 12. The fourth-order valence-corrected chi connectivity index (χ4v) is 3.50. The average Bonchev–Trinajstić information content (AvgIpc) is 3.30. The van der Waals surface area contributed by atoms with Crippen LogP contribution in [0.15, 0.2) is 0 Å². The Labute approximate surface area is 149 Å². The number of carboxylic acids is 1. The first-order chi connectivity index (χ1) is 11.7. The highest BCUT2D eigenvalue weighted by molar-refractivity contribution is 5.66. The molecule has 0 aromatic carbocycles. The normalized spacial score (nSPS) is 19.5. The lowest BCUT2D eigenvalue weighted by atomic mass is 10.0. The number of hydrogen-bond donors (Lipinski definition) is 1. The molecule has 0 aromatic rings. The van der Waals surface area contributed by atoms with Crippen molar-refractivity contribution in [1.82, 2.24) is 0 Å². The van der Waals surface area contributed by atoms with Gasteiger partial charge in [-0.1, -0.05) is 90.4 Å². The average molecular weight is 341 g/mol. The van der Waals surface area contributed by atoms with E-state index in [1.54, 1.807) is 0 Å². The summed E-state index contributed by atoms with van der Waals surface area (Å²) >= 11 is 0. The Balaban J connectivity index is 1.74. The van der Waals surface area contributed by atoms with E-state index in [4.69, 9.17) is 9.84 Å². The van der Waals surface area contributed by atoms with Gasteiger partial charge in [0.05, 0.1) is 12.2 Å². The topological polar surface area (TPSA) is 49.8 Å². The fraction of sp³-hybridized carbons (Fsp3) is 0.952. The third kappa shape index (κ3) is 12.8. The third-order valence-corrected chi connectivity index (χ3v) is 5.16. The van der Waals surface area contributed by atoms with Gasteiger partial charge in [0, 0.05) is 6.42 Å². The molecule has 1 fully saturated rings. The molecule has 0 spiro atoms. The number of aliphatic carboxylic acids is 1. The Morgan fingerprint density at radius 2 is 1.12 bits per heavy atom. The minimum Gasteiger partial charge on any atom is -0.481 e. The van der Waals surface area contributed by atoms with Crippen LogP contribution in [0.2, 0.25) is 0 Å². The molecule has 0 aromatic heterocycles. The second-order valence-electron chi connectivity index (χ2n) is 7.53. The number of carbonyl (C=O) groups is 1. The van der Waals surface area contributed by atoms with Gasteiger partial charge in [0.15, 0.2) is 0 Å². The summed E-state index contributed by atoms with van der Waals surface area (Å²) in [5, 5.41) is 8.57. The molecule has 0 bridgehead atoms. The molecule has 0 amide bonds. The summed E-state index contributed by atoms with van der Waals surface area (Å²) in [5.41, 5.74) is 0. The summed E-state index contributed by atoms with van der Waals surface area (Å²) in [5.74, 6) is -0.666. The van der Waals surface area contributed by atoms with Gasteiger partial charge in [0.2, 0.25) is 0 Å². The summed E-state index contributed by atoms with van der Waals surface area (Å²) in [6.07, 6.45) is 22.0. The maximum Gasteiger partial charge on any atom is 0.303 e. The molecule has 0 aliphatic carbocycles. The standard InChI is InChI=1S/C21H40O3/c1-2-3-4-5-6-7-8-10-13-16-19-20(24-19)17-14-11-9-12-15-18-21(22)23/h19-20H,2-18H2,1H3,(H,22,23). The van der Waals surface area contributed by atoms with E-state index < -0.39 is 5.97 Å². The number of carboxylic acid groups (broad SMARTS) is 1. The van der Waals surface area contributed by atoms with Crippen LogP contribution in [0.25, 0.3) is 0 Å². The van der Waals surface area contributed by atoms with Crippen LogP contribution >= 0.6 is 0 Å². The fourth-order valence-electron chi connectivity index (χ4n) is 3.50. The maximum atomic E-state index is 10.4. The maximum absolute atomic E-state index is 10.4. The number of ether oxygens (including phenoxy) is 1. The molecule has 1 N–H and O–H groups in total. The van der Waals surface area contributed by atoms with Crippen molar-refractivity contribution in [3.05, 3.63) is 0 Å². The Bertz CT molecular complexity index is 303. The number of rotatable bonds is 18. The molecule has 3 heteroatoms. The molecular weight excluding hydrogens is 300 g/mol. The van der Waals surface area contributed by atoms with Crippen molar-refractivity contribution in [2.24, 2.45) is 0 Å². The van der Waals surface area contributed by atoms with E-state index in [0.29, 0.717) is 18.6 Å². The molecule has 0 radical (unpaired) electrons. The summed E-state index contributed by atoms with van der Waals surface area (Å²) in [6, 6.07) is 0. The van der Waals surface area contributed by atoms with Gasteiger partial charge in [-0.3, -0.25) is 4.79 Å². The van der Waals surface area contributed by atoms with E-state index in [1.807, 2.05) is 0 Å². The minimum atomic E-state index is -0.666. The van der Waals surface area contributed by atoms with Crippen molar-refractivity contribution >= 4 is 5.97 Å². The smallest absolute Gasteiger partial charge is 0.303 e. The zero-order chi connectivity index (χ0) is 17.5. The van der Waals surface area contributed by atoms with Crippen molar-refractivity contribution in [2.45, 2.75) is 128 Å². The summed E-state index contributed by atoms with van der Waals surface area (Å²) < 4.78 is 5.77. The lowest BCUT2D eigenvalue weighted by Gasteiger charge is -2.01. The summed E-state index contributed by atoms with van der Waals surface area (Å²) in [7, 11) is 0. The van der Waals surface area contributed by atoms with Crippen molar-refractivity contribution in [3.63, 3.8) is 0 Å². The molecule has 2 atom stereocenters. The van der Waals surface area contributed by atoms with Crippen LogP contribution in [0.5, 0.6) is 0 Å². The molecule has 1 aliphatic heterocycles. The summed E-state index contributed by atoms with van der Waals surface area (Å²) in [6.45, 7) is 2.27. The second kappa shape index (κ2) is 14.7. The van der Waals surface area contributed by atoms with Crippen molar-refractivity contribution in [2.75, 3.05) is 0 Å². The van der Waals surface area contributed by atoms with Crippen LogP contribution in [0.4, 0.5) is 0 Å². The van der Waals surface area contributed by atoms with E-state index in [1.165, 1.54) is 89.9 Å². The van der Waals surface area contributed by atoms with E-state index in [9.17, 15) is 4.79 Å². The Hall–Kier alpha value is -0.570. The molecule has 1 heterocycles. The minimum absolute atomic E-state index is 0.326. The van der Waals surface area contributed by atoms with Gasteiger partial charge in [-0.2, -0.15) is 0 Å². The molecular formula is C21H40O3. The lowest BCUT2D eigenvalue weighted by molar-refractivity contribution is -0.137. The van der Waals surface area contributed by atoms with E-state index >= 15 is 0 Å². The van der Waals surface area contributed by atoms with Gasteiger partial charge in [0.1, 0.15) is 0 Å². The predicted octanol–water partition coefficient (Wildman–Crippen LogP) is 6.49. The quantitative estimate of drug-likeness (QED) is 0.229. The molecule has 1 rings (SSSR count). The van der Waals surface area contributed by atoms with E-state index in [0.717, 1.165) is 12.8 Å². The molecule has 1 aliphatic rings. The first kappa shape index (κ1) is 21.5. The molecule has 1 saturated heterocycles. The Morgan fingerprint density at radius 3 is 1.58 bits per heavy atom. The van der Waals surface area contributed by atoms with E-state index in [2.05, 4.69) is 6.92 Å². The molecule has 24 heavy (non-hydrogen) atoms. The van der Waals surface area contributed by atoms with Crippen LogP contribution < -0.4 is 0 Å². The highest BCUT2D eigenvalue weighted by atomic mass is 16.6. The largest absolute Gasteiger partial charge is 0.481 e. The van der Waals surface area contributed by atoms with E-state index in [-0.39, 0.29) is 0 Å². The number of epoxide rings is 1. The monoisotopic (exact) mass is 340 g/mol. The van der Waals surface area contributed by atoms with Crippen LogP contribution in [0.3, 0.4) is 0 Å². The van der Waals surface area contributed by atoms with Gasteiger partial charge in [-0.25, -0.2) is 0 Å². The summed E-state index contributed by atoms with van der Waals surface area (Å²) in [4.78, 5) is 10.4. The van der Waals surface area contributed by atoms with Crippen LogP contribution in [-0.4, -0.2) is 23.3 Å². The van der Waals surface area contributed by atoms with Gasteiger partial charge < -0.3 is 9.84 Å². The van der Waals surface area contributed by atoms with Crippen molar-refractivity contribution in [3.8, 4) is 0 Å². The zero-order valence-electron chi connectivity index (χ0n) is 15.9. The molecule has 0 saturated carbocycles. The third-order valence-electron chi connectivity index (χ3n) is 5.16. The highest BCUT2D eigenvalue weighted by Crippen LogP contribution is 2.31. The van der Waals surface area contributed by atoms with Gasteiger partial charge in [-0.05, 0) is 19.3 Å². The molecule has 2 unspecified atom stereocenters. The molecule has 3 nitrogen and oxygen atoms in total. The van der Waals surface area contributed by atoms with Gasteiger partial charge in [-0.15, -0.1) is 0 Å². The molecule has 142 valence electrons. The van der Waals surface area contributed by atoms with Crippen LogP contribution in [0, 0.1) is 0 Å². The van der Waals surface area contributed by atoms with Gasteiger partial charge >= 0.3 is 5.97 Å². The first-order valence-corrected chi connectivity index (χ1v) is 10.6. The SMILES string of the molecule is CCCCCCCCCCCC1OC1CCCCCCCC(=O)O. The Morgan fingerprint density at radius 1 is 0.708 bits per heavy atom. The van der Waals surface area contributed by atoms with Crippen molar-refractivity contribution in [1.29, 1.82) is 0 Å². The first-order valence-electron chi connectivity index (χ1n) is 10.6.